The van der Waals surface area contributed by atoms with Crippen LogP contribution in [0.2, 0.25) is 0 Å². The number of amides is 2. The average Bonchev–Trinajstić information content (AvgIpc) is 2.70. The first-order valence-corrected chi connectivity index (χ1v) is 9.26. The molecule has 2 N–H and O–H groups in total. The van der Waals surface area contributed by atoms with Gasteiger partial charge in [0.25, 0.3) is 11.8 Å². The summed E-state index contributed by atoms with van der Waals surface area (Å²) in [5.74, 6) is 0.822. The summed E-state index contributed by atoms with van der Waals surface area (Å²) in [4.78, 5) is 24.8. The van der Waals surface area contributed by atoms with E-state index in [1.807, 2.05) is 24.3 Å². The maximum atomic E-state index is 12.4. The lowest BCUT2D eigenvalue weighted by Gasteiger charge is -2.12. The molecular formula is C21H24N2O4. The molecule has 1 heterocycles. The number of hydrogen-bond acceptors (Lipinski definition) is 4. The topological polar surface area (TPSA) is 76.7 Å². The fourth-order valence-corrected chi connectivity index (χ4v) is 2.81. The van der Waals surface area contributed by atoms with E-state index in [2.05, 4.69) is 10.6 Å². The van der Waals surface area contributed by atoms with Gasteiger partial charge >= 0.3 is 0 Å². The maximum Gasteiger partial charge on any atom is 0.255 e. The minimum absolute atomic E-state index is 0.171. The van der Waals surface area contributed by atoms with E-state index >= 15 is 0 Å². The standard InChI is InChI=1S/C21H24N2O4/c24-20-16-8-1-3-10-18(16)26-14-5-6-15-27-19-11-4-2-9-17(19)21(25)23-13-7-12-22-20/h1-4,8-11H,5-7,12-15H2,(H,22,24)(H,23,25). The Hall–Kier alpha value is -3.02. The third-order valence-electron chi connectivity index (χ3n) is 4.24. The van der Waals surface area contributed by atoms with Crippen LogP contribution < -0.4 is 20.1 Å². The highest BCUT2D eigenvalue weighted by molar-refractivity contribution is 5.97. The van der Waals surface area contributed by atoms with Crippen molar-refractivity contribution < 1.29 is 19.1 Å². The van der Waals surface area contributed by atoms with Crippen LogP contribution in [0, 0.1) is 0 Å². The summed E-state index contributed by atoms with van der Waals surface area (Å²) in [5.41, 5.74) is 1.05. The van der Waals surface area contributed by atoms with E-state index in [4.69, 9.17) is 9.47 Å². The zero-order chi connectivity index (χ0) is 18.9. The fraction of sp³-hybridized carbons (Fsp3) is 0.333. The fourth-order valence-electron chi connectivity index (χ4n) is 2.81. The van der Waals surface area contributed by atoms with Gasteiger partial charge in [-0.05, 0) is 43.5 Å². The number of benzene rings is 2. The van der Waals surface area contributed by atoms with E-state index in [0.717, 1.165) is 12.8 Å². The van der Waals surface area contributed by atoms with Crippen molar-refractivity contribution in [2.24, 2.45) is 0 Å². The van der Waals surface area contributed by atoms with Crippen LogP contribution >= 0.6 is 0 Å². The summed E-state index contributed by atoms with van der Waals surface area (Å²) in [6.07, 6.45) is 2.19. The van der Waals surface area contributed by atoms with E-state index in [-0.39, 0.29) is 11.8 Å². The van der Waals surface area contributed by atoms with Gasteiger partial charge in [-0.1, -0.05) is 24.3 Å². The van der Waals surface area contributed by atoms with Gasteiger partial charge in [0.2, 0.25) is 0 Å². The lowest BCUT2D eigenvalue weighted by atomic mass is 10.2. The van der Waals surface area contributed by atoms with Crippen molar-refractivity contribution in [2.45, 2.75) is 19.3 Å². The van der Waals surface area contributed by atoms with Crippen LogP contribution in [-0.2, 0) is 0 Å². The number of hydrogen-bond donors (Lipinski definition) is 2. The van der Waals surface area contributed by atoms with Gasteiger partial charge in [-0.25, -0.2) is 0 Å². The smallest absolute Gasteiger partial charge is 0.255 e. The van der Waals surface area contributed by atoms with Crippen molar-refractivity contribution in [3.63, 3.8) is 0 Å². The molecule has 142 valence electrons. The molecule has 2 aromatic rings. The Kier molecular flexibility index (Phi) is 6.68. The van der Waals surface area contributed by atoms with Crippen molar-refractivity contribution in [1.29, 1.82) is 0 Å². The summed E-state index contributed by atoms with van der Waals surface area (Å²) in [6.45, 7) is 1.92. The Morgan fingerprint density at radius 2 is 1.07 bits per heavy atom. The SMILES string of the molecule is O=C1NCCCNC(=O)c2ccccc2OCCCCOc2ccccc21. The monoisotopic (exact) mass is 368 g/mol. The lowest BCUT2D eigenvalue weighted by molar-refractivity contribution is 0.0948. The van der Waals surface area contributed by atoms with Gasteiger partial charge < -0.3 is 20.1 Å². The summed E-state index contributed by atoms with van der Waals surface area (Å²) < 4.78 is 11.6. The van der Waals surface area contributed by atoms with Crippen LogP contribution in [0.25, 0.3) is 0 Å². The Morgan fingerprint density at radius 1 is 0.630 bits per heavy atom. The molecule has 3 rings (SSSR count). The van der Waals surface area contributed by atoms with Crippen LogP contribution in [-0.4, -0.2) is 38.1 Å². The molecule has 0 saturated carbocycles. The first kappa shape index (κ1) is 18.8. The molecule has 0 fully saturated rings. The van der Waals surface area contributed by atoms with Crippen molar-refractivity contribution in [3.05, 3.63) is 59.7 Å². The molecule has 0 atom stereocenters. The third kappa shape index (κ3) is 5.23. The van der Waals surface area contributed by atoms with Crippen molar-refractivity contribution in [3.8, 4) is 11.5 Å². The molecule has 0 bridgehead atoms. The van der Waals surface area contributed by atoms with Crippen molar-refractivity contribution in [1.82, 2.24) is 10.6 Å². The van der Waals surface area contributed by atoms with Gasteiger partial charge in [-0.3, -0.25) is 9.59 Å². The molecule has 2 aromatic carbocycles. The first-order valence-electron chi connectivity index (χ1n) is 9.26. The molecule has 1 aliphatic heterocycles. The average molecular weight is 368 g/mol. The number of para-hydroxylation sites is 2. The van der Waals surface area contributed by atoms with E-state index in [1.54, 1.807) is 24.3 Å². The molecule has 0 spiro atoms. The number of rotatable bonds is 0. The second-order valence-electron chi connectivity index (χ2n) is 6.26. The summed E-state index contributed by atoms with van der Waals surface area (Å²) >= 11 is 0. The Labute approximate surface area is 158 Å². The highest BCUT2D eigenvalue weighted by Crippen LogP contribution is 2.20. The Bertz CT molecular complexity index is 726. The molecule has 0 radical (unpaired) electrons. The van der Waals surface area contributed by atoms with Crippen LogP contribution in [0.1, 0.15) is 40.0 Å². The summed E-state index contributed by atoms with van der Waals surface area (Å²) in [5, 5.41) is 5.74. The van der Waals surface area contributed by atoms with Crippen LogP contribution in [0.3, 0.4) is 0 Å². The quantitative estimate of drug-likeness (QED) is 0.750. The van der Waals surface area contributed by atoms with E-state index in [9.17, 15) is 9.59 Å². The molecular weight excluding hydrogens is 344 g/mol. The number of carbonyl (C=O) groups excluding carboxylic acids is 2. The van der Waals surface area contributed by atoms with E-state index in [0.29, 0.717) is 55.4 Å². The maximum absolute atomic E-state index is 12.4. The number of fused-ring (bicyclic) bond motifs is 2. The Balaban J connectivity index is 1.69. The van der Waals surface area contributed by atoms with Gasteiger partial charge in [-0.15, -0.1) is 0 Å². The normalized spacial score (nSPS) is 16.4. The van der Waals surface area contributed by atoms with E-state index < -0.39 is 0 Å². The van der Waals surface area contributed by atoms with Crippen LogP contribution in [0.5, 0.6) is 11.5 Å². The van der Waals surface area contributed by atoms with Gasteiger partial charge in [0.1, 0.15) is 11.5 Å². The second kappa shape index (κ2) is 9.62. The molecule has 0 aliphatic carbocycles. The Morgan fingerprint density at radius 3 is 1.56 bits per heavy atom. The van der Waals surface area contributed by atoms with Gasteiger partial charge in [0, 0.05) is 13.1 Å². The molecule has 6 nitrogen and oxygen atoms in total. The molecule has 2 amide bonds. The largest absolute Gasteiger partial charge is 0.493 e. The highest BCUT2D eigenvalue weighted by Gasteiger charge is 2.14. The zero-order valence-corrected chi connectivity index (χ0v) is 15.2. The summed E-state index contributed by atoms with van der Waals surface area (Å²) in [7, 11) is 0. The highest BCUT2D eigenvalue weighted by atomic mass is 16.5. The first-order chi connectivity index (χ1) is 13.3. The van der Waals surface area contributed by atoms with Gasteiger partial charge in [-0.2, -0.15) is 0 Å². The predicted octanol–water partition coefficient (Wildman–Crippen LogP) is 2.79. The predicted molar refractivity (Wildman–Crippen MR) is 102 cm³/mol. The minimum atomic E-state index is -0.171. The van der Waals surface area contributed by atoms with Crippen LogP contribution in [0.4, 0.5) is 0 Å². The second-order valence-corrected chi connectivity index (χ2v) is 6.26. The molecule has 27 heavy (non-hydrogen) atoms. The third-order valence-corrected chi connectivity index (χ3v) is 4.24. The van der Waals surface area contributed by atoms with E-state index in [1.165, 1.54) is 0 Å². The van der Waals surface area contributed by atoms with Gasteiger partial charge in [0.05, 0.1) is 24.3 Å². The van der Waals surface area contributed by atoms with Crippen molar-refractivity contribution in [2.75, 3.05) is 26.3 Å². The molecule has 0 unspecified atom stereocenters. The molecule has 0 saturated heterocycles. The molecule has 6 heteroatoms. The minimum Gasteiger partial charge on any atom is -0.493 e. The number of carbonyl (C=O) groups is 2. The molecule has 0 aromatic heterocycles. The summed E-state index contributed by atoms with van der Waals surface area (Å²) in [6, 6.07) is 14.4. The molecule has 1 aliphatic rings. The van der Waals surface area contributed by atoms with Gasteiger partial charge in [0.15, 0.2) is 0 Å². The zero-order valence-electron chi connectivity index (χ0n) is 15.2. The number of nitrogens with one attached hydrogen (secondary N) is 2. The van der Waals surface area contributed by atoms with Crippen LogP contribution in [0.15, 0.2) is 48.5 Å². The lowest BCUT2D eigenvalue weighted by Crippen LogP contribution is -2.30. The van der Waals surface area contributed by atoms with Crippen molar-refractivity contribution >= 4 is 11.8 Å². The number of ether oxygens (including phenoxy) is 2.